The molecular weight excluding hydrogens is 294 g/mol. The lowest BCUT2D eigenvalue weighted by Crippen LogP contribution is -2.30. The highest BCUT2D eigenvalue weighted by molar-refractivity contribution is 7.99. The van der Waals surface area contributed by atoms with Gasteiger partial charge >= 0.3 is 0 Å². The normalized spacial score (nSPS) is 12.8. The van der Waals surface area contributed by atoms with E-state index in [-0.39, 0.29) is 18.4 Å². The second-order valence-electron chi connectivity index (χ2n) is 4.70. The average molecular weight is 307 g/mol. The van der Waals surface area contributed by atoms with Crippen LogP contribution < -0.4 is 0 Å². The van der Waals surface area contributed by atoms with Crippen LogP contribution in [0.4, 0.5) is 0 Å². The molecule has 4 heteroatoms. The molecule has 1 aliphatic rings. The van der Waals surface area contributed by atoms with Crippen LogP contribution in [0.25, 0.3) is 0 Å². The van der Waals surface area contributed by atoms with E-state index in [1.54, 1.807) is 36.0 Å². The molecule has 0 bridgehead atoms. The molecule has 2 aromatic rings. The summed E-state index contributed by atoms with van der Waals surface area (Å²) in [4.78, 5) is 26.6. The SMILES string of the molecule is O=C1c2ccccc2C(=O)N1CC#CCSc1ccccc1. The molecule has 0 radical (unpaired) electrons. The Hall–Kier alpha value is -2.51. The second kappa shape index (κ2) is 6.50. The molecule has 0 aromatic heterocycles. The summed E-state index contributed by atoms with van der Waals surface area (Å²) >= 11 is 1.63. The van der Waals surface area contributed by atoms with Crippen molar-refractivity contribution in [2.24, 2.45) is 0 Å². The Labute approximate surface area is 133 Å². The summed E-state index contributed by atoms with van der Waals surface area (Å²) in [5, 5.41) is 0. The van der Waals surface area contributed by atoms with Gasteiger partial charge in [0.25, 0.3) is 11.8 Å². The minimum absolute atomic E-state index is 0.141. The van der Waals surface area contributed by atoms with E-state index < -0.39 is 0 Å². The molecule has 0 unspecified atom stereocenters. The molecule has 3 rings (SSSR count). The number of fused-ring (bicyclic) bond motifs is 1. The van der Waals surface area contributed by atoms with E-state index in [0.29, 0.717) is 16.9 Å². The summed E-state index contributed by atoms with van der Waals surface area (Å²) < 4.78 is 0. The minimum Gasteiger partial charge on any atom is -0.269 e. The van der Waals surface area contributed by atoms with Crippen LogP contribution in [0, 0.1) is 11.8 Å². The maximum Gasteiger partial charge on any atom is 0.262 e. The lowest BCUT2D eigenvalue weighted by atomic mass is 10.1. The Morgan fingerprint density at radius 1 is 0.818 bits per heavy atom. The number of amides is 2. The molecular formula is C18H13NO2S. The smallest absolute Gasteiger partial charge is 0.262 e. The summed E-state index contributed by atoms with van der Waals surface area (Å²) in [6.45, 7) is 0.141. The van der Waals surface area contributed by atoms with Gasteiger partial charge in [-0.15, -0.1) is 11.8 Å². The Morgan fingerprint density at radius 2 is 1.41 bits per heavy atom. The van der Waals surface area contributed by atoms with Crippen LogP contribution in [0.15, 0.2) is 59.5 Å². The molecule has 0 saturated carbocycles. The van der Waals surface area contributed by atoms with Gasteiger partial charge in [-0.3, -0.25) is 14.5 Å². The third kappa shape index (κ3) is 2.90. The first kappa shape index (κ1) is 14.4. The fourth-order valence-corrected chi connectivity index (χ4v) is 2.90. The molecule has 0 spiro atoms. The van der Waals surface area contributed by atoms with Gasteiger partial charge in [0.15, 0.2) is 0 Å². The number of rotatable bonds is 3. The van der Waals surface area contributed by atoms with Gasteiger partial charge in [-0.1, -0.05) is 42.2 Å². The van der Waals surface area contributed by atoms with Crippen LogP contribution in [0.2, 0.25) is 0 Å². The highest BCUT2D eigenvalue weighted by Crippen LogP contribution is 2.21. The molecule has 0 N–H and O–H groups in total. The van der Waals surface area contributed by atoms with E-state index in [2.05, 4.69) is 11.8 Å². The van der Waals surface area contributed by atoms with E-state index in [0.717, 1.165) is 4.90 Å². The van der Waals surface area contributed by atoms with Crippen molar-refractivity contribution < 1.29 is 9.59 Å². The van der Waals surface area contributed by atoms with Crippen molar-refractivity contribution in [1.29, 1.82) is 0 Å². The van der Waals surface area contributed by atoms with Crippen molar-refractivity contribution >= 4 is 23.6 Å². The summed E-state index contributed by atoms with van der Waals surface area (Å²) in [7, 11) is 0. The first-order valence-electron chi connectivity index (χ1n) is 6.86. The molecule has 1 heterocycles. The summed E-state index contributed by atoms with van der Waals surface area (Å²) in [6, 6.07) is 16.8. The fraction of sp³-hybridized carbons (Fsp3) is 0.111. The van der Waals surface area contributed by atoms with Crippen LogP contribution in [0.5, 0.6) is 0 Å². The van der Waals surface area contributed by atoms with Crippen LogP contribution in [-0.2, 0) is 0 Å². The number of hydrogen-bond acceptors (Lipinski definition) is 3. The molecule has 0 aliphatic carbocycles. The molecule has 0 atom stereocenters. The maximum atomic E-state index is 12.1. The molecule has 22 heavy (non-hydrogen) atoms. The summed E-state index contributed by atoms with van der Waals surface area (Å²) in [6.07, 6.45) is 0. The van der Waals surface area contributed by atoms with Crippen LogP contribution in [-0.4, -0.2) is 29.0 Å². The fourth-order valence-electron chi connectivity index (χ4n) is 2.20. The zero-order chi connectivity index (χ0) is 15.4. The number of benzene rings is 2. The highest BCUT2D eigenvalue weighted by Gasteiger charge is 2.34. The van der Waals surface area contributed by atoms with Crippen molar-refractivity contribution in [1.82, 2.24) is 4.90 Å². The van der Waals surface area contributed by atoms with Gasteiger partial charge in [0.1, 0.15) is 0 Å². The van der Waals surface area contributed by atoms with E-state index >= 15 is 0 Å². The van der Waals surface area contributed by atoms with Crippen molar-refractivity contribution in [3.63, 3.8) is 0 Å². The first-order valence-corrected chi connectivity index (χ1v) is 7.85. The number of carbonyl (C=O) groups excluding carboxylic acids is 2. The van der Waals surface area contributed by atoms with E-state index in [1.165, 1.54) is 4.90 Å². The zero-order valence-corrected chi connectivity index (χ0v) is 12.6. The summed E-state index contributed by atoms with van der Waals surface area (Å²) in [5.74, 6) is 6.02. The molecule has 1 aliphatic heterocycles. The van der Waals surface area contributed by atoms with Crippen LogP contribution in [0.3, 0.4) is 0 Å². The van der Waals surface area contributed by atoms with Crippen molar-refractivity contribution in [2.75, 3.05) is 12.3 Å². The number of imide groups is 1. The van der Waals surface area contributed by atoms with Gasteiger partial charge in [-0.05, 0) is 24.3 Å². The second-order valence-corrected chi connectivity index (χ2v) is 5.75. The number of thioether (sulfide) groups is 1. The van der Waals surface area contributed by atoms with Crippen LogP contribution in [0.1, 0.15) is 20.7 Å². The lowest BCUT2D eigenvalue weighted by Gasteiger charge is -2.08. The third-order valence-corrected chi connectivity index (χ3v) is 4.19. The van der Waals surface area contributed by atoms with Crippen molar-refractivity contribution in [2.45, 2.75) is 4.90 Å². The highest BCUT2D eigenvalue weighted by atomic mass is 32.2. The van der Waals surface area contributed by atoms with E-state index in [4.69, 9.17) is 0 Å². The monoisotopic (exact) mass is 307 g/mol. The molecule has 0 saturated heterocycles. The topological polar surface area (TPSA) is 37.4 Å². The Balaban J connectivity index is 1.58. The number of carbonyl (C=O) groups is 2. The Morgan fingerprint density at radius 3 is 2.05 bits per heavy atom. The van der Waals surface area contributed by atoms with Gasteiger partial charge < -0.3 is 0 Å². The molecule has 2 aromatic carbocycles. The molecule has 3 nitrogen and oxygen atoms in total. The van der Waals surface area contributed by atoms with Gasteiger partial charge in [-0.2, -0.15) is 0 Å². The quantitative estimate of drug-likeness (QED) is 0.497. The van der Waals surface area contributed by atoms with Crippen molar-refractivity contribution in [3.05, 3.63) is 65.7 Å². The lowest BCUT2D eigenvalue weighted by molar-refractivity contribution is 0.0675. The Kier molecular flexibility index (Phi) is 4.27. The van der Waals surface area contributed by atoms with Gasteiger partial charge in [0.2, 0.25) is 0 Å². The Bertz CT molecular complexity index is 739. The predicted molar refractivity (Wildman–Crippen MR) is 86.8 cm³/mol. The first-order chi connectivity index (χ1) is 10.8. The number of hydrogen-bond donors (Lipinski definition) is 0. The standard InChI is InChI=1S/C18H13NO2S/c20-17-15-10-4-5-11-16(15)18(21)19(17)12-6-7-13-22-14-8-2-1-3-9-14/h1-5,8-11H,12-13H2. The third-order valence-electron chi connectivity index (χ3n) is 3.29. The minimum atomic E-state index is -0.259. The molecule has 108 valence electrons. The van der Waals surface area contributed by atoms with Crippen LogP contribution >= 0.6 is 11.8 Å². The zero-order valence-electron chi connectivity index (χ0n) is 11.8. The van der Waals surface area contributed by atoms with E-state index in [1.807, 2.05) is 30.3 Å². The van der Waals surface area contributed by atoms with Gasteiger partial charge in [-0.25, -0.2) is 0 Å². The predicted octanol–water partition coefficient (Wildman–Crippen LogP) is 3.08. The van der Waals surface area contributed by atoms with E-state index in [9.17, 15) is 9.59 Å². The number of nitrogens with zero attached hydrogens (tertiary/aromatic N) is 1. The van der Waals surface area contributed by atoms with Gasteiger partial charge in [0.05, 0.1) is 23.4 Å². The molecule has 0 fully saturated rings. The maximum absolute atomic E-state index is 12.1. The largest absolute Gasteiger partial charge is 0.269 e. The molecule has 2 amide bonds. The average Bonchev–Trinajstić information content (AvgIpc) is 2.81. The van der Waals surface area contributed by atoms with Gasteiger partial charge in [0, 0.05) is 4.90 Å². The summed E-state index contributed by atoms with van der Waals surface area (Å²) in [5.41, 5.74) is 0.931. The van der Waals surface area contributed by atoms with Crippen molar-refractivity contribution in [3.8, 4) is 11.8 Å².